The second-order valence-corrected chi connectivity index (χ2v) is 8.69. The number of nitrogens with zero attached hydrogens (tertiary/aromatic N) is 5. The van der Waals surface area contributed by atoms with Crippen LogP contribution in [0.5, 0.6) is 5.88 Å². The summed E-state index contributed by atoms with van der Waals surface area (Å²) in [5.41, 5.74) is 2.03. The molecule has 160 valence electrons. The fraction of sp³-hybridized carbons (Fsp3) is 0.304. The summed E-state index contributed by atoms with van der Waals surface area (Å²) in [6.07, 6.45) is 0.706. The number of thiazole rings is 1. The number of hydrogen-bond donors (Lipinski definition) is 1. The molecule has 8 heteroatoms. The van der Waals surface area contributed by atoms with E-state index in [9.17, 15) is 9.50 Å². The van der Waals surface area contributed by atoms with Crippen molar-refractivity contribution in [3.63, 3.8) is 0 Å². The number of aryl methyl sites for hydroxylation is 1. The third-order valence-corrected chi connectivity index (χ3v) is 6.85. The normalized spacial score (nSPS) is 16.1. The number of anilines is 1. The van der Waals surface area contributed by atoms with Crippen molar-refractivity contribution in [2.75, 3.05) is 31.1 Å². The molecular formula is C23H24FN5OS. The van der Waals surface area contributed by atoms with E-state index in [1.54, 1.807) is 12.1 Å². The van der Waals surface area contributed by atoms with Gasteiger partial charge in [0.2, 0.25) is 10.8 Å². The van der Waals surface area contributed by atoms with Crippen LogP contribution in [-0.2, 0) is 6.42 Å². The third-order valence-electron chi connectivity index (χ3n) is 5.77. The zero-order chi connectivity index (χ0) is 21.4. The van der Waals surface area contributed by atoms with E-state index in [4.69, 9.17) is 0 Å². The minimum Gasteiger partial charge on any atom is -0.492 e. The topological polar surface area (TPSA) is 56.9 Å². The number of fused-ring (bicyclic) bond motifs is 1. The monoisotopic (exact) mass is 437 g/mol. The smallest absolute Gasteiger partial charge is 0.230 e. The first-order valence-corrected chi connectivity index (χ1v) is 11.3. The lowest BCUT2D eigenvalue weighted by molar-refractivity contribution is 0.211. The van der Waals surface area contributed by atoms with Gasteiger partial charge in [-0.1, -0.05) is 48.6 Å². The van der Waals surface area contributed by atoms with E-state index in [2.05, 4.69) is 32.0 Å². The Kier molecular flexibility index (Phi) is 5.33. The lowest BCUT2D eigenvalue weighted by Crippen LogP contribution is -2.47. The van der Waals surface area contributed by atoms with Gasteiger partial charge in [0.15, 0.2) is 5.82 Å². The first-order valence-electron chi connectivity index (χ1n) is 10.5. The van der Waals surface area contributed by atoms with Crippen LogP contribution < -0.4 is 4.90 Å². The summed E-state index contributed by atoms with van der Waals surface area (Å²) < 4.78 is 15.6. The molecular weight excluding hydrogens is 413 g/mol. The Bertz CT molecular complexity index is 1180. The van der Waals surface area contributed by atoms with Crippen LogP contribution >= 0.6 is 11.3 Å². The number of halogens is 1. The van der Waals surface area contributed by atoms with Gasteiger partial charge in [-0.2, -0.15) is 4.52 Å². The predicted octanol–water partition coefficient (Wildman–Crippen LogP) is 4.11. The molecule has 31 heavy (non-hydrogen) atoms. The molecule has 1 atom stereocenters. The van der Waals surface area contributed by atoms with E-state index in [1.807, 2.05) is 31.2 Å². The summed E-state index contributed by atoms with van der Waals surface area (Å²) in [7, 11) is 0. The van der Waals surface area contributed by atoms with Crippen LogP contribution in [0.2, 0.25) is 0 Å². The quantitative estimate of drug-likeness (QED) is 0.509. The number of aromatic nitrogens is 3. The van der Waals surface area contributed by atoms with Gasteiger partial charge in [-0.25, -0.2) is 9.37 Å². The molecule has 0 bridgehead atoms. The van der Waals surface area contributed by atoms with Crippen molar-refractivity contribution in [1.29, 1.82) is 0 Å². The molecule has 1 fully saturated rings. The highest BCUT2D eigenvalue weighted by atomic mass is 32.1. The average molecular weight is 438 g/mol. The van der Waals surface area contributed by atoms with Crippen molar-refractivity contribution in [1.82, 2.24) is 19.5 Å². The summed E-state index contributed by atoms with van der Waals surface area (Å²) in [6, 6.07) is 16.8. The van der Waals surface area contributed by atoms with Gasteiger partial charge >= 0.3 is 0 Å². The summed E-state index contributed by atoms with van der Waals surface area (Å²) >= 11 is 1.42. The second-order valence-electron chi connectivity index (χ2n) is 7.68. The molecule has 5 rings (SSSR count). The summed E-state index contributed by atoms with van der Waals surface area (Å²) in [4.78, 5) is 10.6. The third kappa shape index (κ3) is 3.77. The molecule has 1 aliphatic heterocycles. The van der Waals surface area contributed by atoms with Gasteiger partial charge < -0.3 is 10.0 Å². The Morgan fingerprint density at radius 2 is 1.84 bits per heavy atom. The average Bonchev–Trinajstić information content (AvgIpc) is 3.34. The first-order chi connectivity index (χ1) is 15.1. The lowest BCUT2D eigenvalue weighted by Gasteiger charge is -2.40. The van der Waals surface area contributed by atoms with Crippen LogP contribution in [0.1, 0.15) is 29.2 Å². The van der Waals surface area contributed by atoms with Crippen molar-refractivity contribution in [3.05, 3.63) is 76.7 Å². The number of para-hydroxylation sites is 1. The minimum atomic E-state index is -0.280. The molecule has 1 aliphatic rings. The van der Waals surface area contributed by atoms with E-state index in [1.165, 1.54) is 27.6 Å². The van der Waals surface area contributed by atoms with Gasteiger partial charge in [0.05, 0.1) is 10.9 Å². The standard InChI is InChI=1S/C23H24FN5OS/c1-2-19-25-23-29(26-19)22(30)21(31-23)20(16-7-6-8-17(24)15-16)28-13-11-27(12-14-28)18-9-4-3-5-10-18/h3-10,15,20,30H,2,11-14H2,1H3/t20-/m0/s1. The molecule has 1 N–H and O–H groups in total. The van der Waals surface area contributed by atoms with E-state index in [0.717, 1.165) is 36.6 Å². The van der Waals surface area contributed by atoms with Gasteiger partial charge in [0.1, 0.15) is 5.82 Å². The van der Waals surface area contributed by atoms with Gasteiger partial charge in [0.25, 0.3) is 0 Å². The van der Waals surface area contributed by atoms with Crippen LogP contribution in [-0.4, -0.2) is 50.8 Å². The van der Waals surface area contributed by atoms with Crippen molar-refractivity contribution in [2.45, 2.75) is 19.4 Å². The van der Waals surface area contributed by atoms with Crippen molar-refractivity contribution < 1.29 is 9.50 Å². The molecule has 2 aromatic heterocycles. The number of rotatable bonds is 5. The van der Waals surface area contributed by atoms with Crippen LogP contribution in [0.4, 0.5) is 10.1 Å². The molecule has 0 radical (unpaired) electrons. The summed E-state index contributed by atoms with van der Waals surface area (Å²) in [5.74, 6) is 0.511. The van der Waals surface area contributed by atoms with Crippen LogP contribution in [0, 0.1) is 5.82 Å². The Morgan fingerprint density at radius 3 is 2.52 bits per heavy atom. The number of piperazine rings is 1. The molecule has 0 amide bonds. The molecule has 0 unspecified atom stereocenters. The van der Waals surface area contributed by atoms with Crippen molar-refractivity contribution >= 4 is 22.0 Å². The molecule has 0 spiro atoms. The second kappa shape index (κ2) is 8.28. The highest BCUT2D eigenvalue weighted by Crippen LogP contribution is 2.40. The minimum absolute atomic E-state index is 0.0898. The van der Waals surface area contributed by atoms with E-state index < -0.39 is 0 Å². The fourth-order valence-electron chi connectivity index (χ4n) is 4.20. The molecule has 0 saturated carbocycles. The van der Waals surface area contributed by atoms with E-state index in [0.29, 0.717) is 17.2 Å². The Labute approximate surface area is 184 Å². The highest BCUT2D eigenvalue weighted by Gasteiger charge is 2.32. The van der Waals surface area contributed by atoms with Crippen LogP contribution in [0.15, 0.2) is 54.6 Å². The molecule has 6 nitrogen and oxygen atoms in total. The van der Waals surface area contributed by atoms with Crippen molar-refractivity contribution in [2.24, 2.45) is 0 Å². The first kappa shape index (κ1) is 20.0. The zero-order valence-corrected chi connectivity index (χ0v) is 18.1. The molecule has 4 aromatic rings. The molecule has 3 heterocycles. The highest BCUT2D eigenvalue weighted by molar-refractivity contribution is 7.17. The van der Waals surface area contributed by atoms with Gasteiger partial charge in [-0.15, -0.1) is 5.10 Å². The molecule has 1 saturated heterocycles. The lowest BCUT2D eigenvalue weighted by atomic mass is 10.0. The van der Waals surface area contributed by atoms with Gasteiger partial charge in [-0.3, -0.25) is 4.90 Å². The van der Waals surface area contributed by atoms with Crippen LogP contribution in [0.3, 0.4) is 0 Å². The van der Waals surface area contributed by atoms with E-state index in [-0.39, 0.29) is 17.7 Å². The van der Waals surface area contributed by atoms with Gasteiger partial charge in [0, 0.05) is 38.3 Å². The maximum atomic E-state index is 14.1. The van der Waals surface area contributed by atoms with Crippen molar-refractivity contribution in [3.8, 4) is 5.88 Å². The van der Waals surface area contributed by atoms with E-state index >= 15 is 0 Å². The summed E-state index contributed by atoms with van der Waals surface area (Å²) in [5, 5.41) is 15.4. The van der Waals surface area contributed by atoms with Gasteiger partial charge in [-0.05, 0) is 29.8 Å². The largest absolute Gasteiger partial charge is 0.492 e. The number of benzene rings is 2. The van der Waals surface area contributed by atoms with Crippen LogP contribution in [0.25, 0.3) is 4.96 Å². The number of hydrogen-bond acceptors (Lipinski definition) is 6. The predicted molar refractivity (Wildman–Crippen MR) is 120 cm³/mol. The molecule has 0 aliphatic carbocycles. The number of aromatic hydroxyl groups is 1. The Hall–Kier alpha value is -2.97. The Morgan fingerprint density at radius 1 is 1.06 bits per heavy atom. The molecule has 2 aromatic carbocycles. The SMILES string of the molecule is CCc1nc2sc([C@H](c3cccc(F)c3)N3CCN(c4ccccc4)CC3)c(O)n2n1. The fourth-order valence-corrected chi connectivity index (χ4v) is 5.34. The summed E-state index contributed by atoms with van der Waals surface area (Å²) in [6.45, 7) is 5.29. The zero-order valence-electron chi connectivity index (χ0n) is 17.3. The maximum absolute atomic E-state index is 14.1. The Balaban J connectivity index is 1.49. The maximum Gasteiger partial charge on any atom is 0.230 e.